The molecule has 1 aliphatic carbocycles. The number of rotatable bonds is 5. The van der Waals surface area contributed by atoms with Gasteiger partial charge in [0.05, 0.1) is 18.3 Å². The molecule has 20 heavy (non-hydrogen) atoms. The summed E-state index contributed by atoms with van der Waals surface area (Å²) in [5, 5.41) is 9.48. The average Bonchev–Trinajstić information content (AvgIpc) is 2.89. The minimum absolute atomic E-state index is 0.0234. The van der Waals surface area contributed by atoms with Gasteiger partial charge in [0, 0.05) is 6.04 Å². The standard InChI is InChI=1S/C15H21FN2O2/c1-10(19)11-6-7-14(13(16)8-11)18(9-15(17)20)12-4-2-3-5-12/h6-8,10,12,19H,2-5,9H2,1H3,(H2,17,20)/t10-/m0/s1. The van der Waals surface area contributed by atoms with Gasteiger partial charge in [-0.05, 0) is 37.5 Å². The topological polar surface area (TPSA) is 66.6 Å². The number of aliphatic hydroxyl groups is 1. The highest BCUT2D eigenvalue weighted by Crippen LogP contribution is 2.31. The van der Waals surface area contributed by atoms with Crippen LogP contribution >= 0.6 is 0 Å². The first kappa shape index (κ1) is 14.8. The molecule has 1 amide bonds. The van der Waals surface area contributed by atoms with Crippen LogP contribution in [0.1, 0.15) is 44.3 Å². The number of hydrogen-bond donors (Lipinski definition) is 2. The predicted molar refractivity (Wildman–Crippen MR) is 75.8 cm³/mol. The van der Waals surface area contributed by atoms with E-state index < -0.39 is 17.8 Å². The van der Waals surface area contributed by atoms with Crippen molar-refractivity contribution in [2.45, 2.75) is 44.8 Å². The summed E-state index contributed by atoms with van der Waals surface area (Å²) in [7, 11) is 0. The molecule has 2 rings (SSSR count). The van der Waals surface area contributed by atoms with Gasteiger partial charge in [-0.15, -0.1) is 0 Å². The molecule has 0 saturated heterocycles. The smallest absolute Gasteiger partial charge is 0.236 e. The van der Waals surface area contributed by atoms with E-state index in [1.807, 2.05) is 0 Å². The van der Waals surface area contributed by atoms with Crippen LogP contribution in [0.5, 0.6) is 0 Å². The van der Waals surface area contributed by atoms with Gasteiger partial charge in [0.2, 0.25) is 5.91 Å². The van der Waals surface area contributed by atoms with Crippen molar-refractivity contribution in [3.05, 3.63) is 29.6 Å². The van der Waals surface area contributed by atoms with Crippen LogP contribution in [-0.2, 0) is 4.79 Å². The molecule has 1 aliphatic rings. The highest BCUT2D eigenvalue weighted by atomic mass is 19.1. The molecular formula is C15H21FN2O2. The minimum Gasteiger partial charge on any atom is -0.389 e. The van der Waals surface area contributed by atoms with E-state index in [4.69, 9.17) is 5.73 Å². The van der Waals surface area contributed by atoms with Crippen LogP contribution in [0, 0.1) is 5.82 Å². The normalized spacial score (nSPS) is 17.1. The molecule has 1 aromatic carbocycles. The van der Waals surface area contributed by atoms with Gasteiger partial charge in [-0.2, -0.15) is 0 Å². The molecule has 0 bridgehead atoms. The number of nitrogens with two attached hydrogens (primary N) is 1. The van der Waals surface area contributed by atoms with Gasteiger partial charge in [-0.25, -0.2) is 4.39 Å². The zero-order chi connectivity index (χ0) is 14.7. The molecule has 1 aromatic rings. The van der Waals surface area contributed by atoms with Crippen LogP contribution < -0.4 is 10.6 Å². The highest BCUT2D eigenvalue weighted by Gasteiger charge is 2.26. The summed E-state index contributed by atoms with van der Waals surface area (Å²) in [4.78, 5) is 13.0. The van der Waals surface area contributed by atoms with Crippen molar-refractivity contribution in [3.63, 3.8) is 0 Å². The second-order valence-corrected chi connectivity index (χ2v) is 5.42. The van der Waals surface area contributed by atoms with Crippen molar-refractivity contribution >= 4 is 11.6 Å². The number of anilines is 1. The summed E-state index contributed by atoms with van der Waals surface area (Å²) < 4.78 is 14.3. The van der Waals surface area contributed by atoms with Crippen LogP contribution in [0.3, 0.4) is 0 Å². The number of carbonyl (C=O) groups is 1. The fourth-order valence-corrected chi connectivity index (χ4v) is 2.81. The molecular weight excluding hydrogens is 259 g/mol. The lowest BCUT2D eigenvalue weighted by Gasteiger charge is -2.30. The number of amides is 1. The van der Waals surface area contributed by atoms with Gasteiger partial charge in [-0.1, -0.05) is 18.9 Å². The van der Waals surface area contributed by atoms with Crippen LogP contribution in [0.25, 0.3) is 0 Å². The Morgan fingerprint density at radius 3 is 2.65 bits per heavy atom. The molecule has 0 spiro atoms. The molecule has 0 aromatic heterocycles. The zero-order valence-electron chi connectivity index (χ0n) is 11.7. The van der Waals surface area contributed by atoms with E-state index >= 15 is 0 Å². The molecule has 5 heteroatoms. The second-order valence-electron chi connectivity index (χ2n) is 5.42. The van der Waals surface area contributed by atoms with E-state index in [1.54, 1.807) is 24.0 Å². The van der Waals surface area contributed by atoms with Gasteiger partial charge >= 0.3 is 0 Å². The summed E-state index contributed by atoms with van der Waals surface area (Å²) >= 11 is 0. The van der Waals surface area contributed by atoms with Gasteiger partial charge in [0.15, 0.2) is 0 Å². The average molecular weight is 280 g/mol. The molecule has 1 saturated carbocycles. The summed E-state index contributed by atoms with van der Waals surface area (Å²) in [6.45, 7) is 1.61. The highest BCUT2D eigenvalue weighted by molar-refractivity contribution is 5.79. The van der Waals surface area contributed by atoms with Crippen LogP contribution in [-0.4, -0.2) is 23.6 Å². The lowest BCUT2D eigenvalue weighted by molar-refractivity contribution is -0.116. The quantitative estimate of drug-likeness (QED) is 0.868. The minimum atomic E-state index is -0.713. The number of halogens is 1. The van der Waals surface area contributed by atoms with E-state index in [1.165, 1.54) is 6.07 Å². The largest absolute Gasteiger partial charge is 0.389 e. The molecule has 0 heterocycles. The van der Waals surface area contributed by atoms with E-state index in [0.717, 1.165) is 25.7 Å². The summed E-state index contributed by atoms with van der Waals surface area (Å²) in [6.07, 6.45) is 3.37. The lowest BCUT2D eigenvalue weighted by atomic mass is 10.1. The van der Waals surface area contributed by atoms with Crippen molar-refractivity contribution in [3.8, 4) is 0 Å². The number of nitrogens with zero attached hydrogens (tertiary/aromatic N) is 1. The van der Waals surface area contributed by atoms with Crippen molar-refractivity contribution in [2.75, 3.05) is 11.4 Å². The molecule has 0 aliphatic heterocycles. The Hall–Kier alpha value is -1.62. The fourth-order valence-electron chi connectivity index (χ4n) is 2.81. The Morgan fingerprint density at radius 2 is 2.15 bits per heavy atom. The number of carbonyl (C=O) groups excluding carboxylic acids is 1. The maximum atomic E-state index is 14.3. The second kappa shape index (κ2) is 6.22. The first-order chi connectivity index (χ1) is 9.49. The number of benzene rings is 1. The Kier molecular flexibility index (Phi) is 4.60. The van der Waals surface area contributed by atoms with Gasteiger partial charge in [-0.3, -0.25) is 4.79 Å². The Balaban J connectivity index is 2.30. The molecule has 1 fully saturated rings. The zero-order valence-corrected chi connectivity index (χ0v) is 11.7. The van der Waals surface area contributed by atoms with E-state index in [0.29, 0.717) is 11.3 Å². The third-order valence-corrected chi connectivity index (χ3v) is 3.86. The summed E-state index contributed by atoms with van der Waals surface area (Å²) in [6, 6.07) is 4.79. The maximum Gasteiger partial charge on any atom is 0.236 e. The van der Waals surface area contributed by atoms with E-state index in [-0.39, 0.29) is 12.6 Å². The number of primary amides is 1. The molecule has 110 valence electrons. The lowest BCUT2D eigenvalue weighted by Crippen LogP contribution is -2.40. The Labute approximate surface area is 118 Å². The Bertz CT molecular complexity index is 485. The molecule has 0 radical (unpaired) electrons. The van der Waals surface area contributed by atoms with Crippen molar-refractivity contribution < 1.29 is 14.3 Å². The maximum absolute atomic E-state index is 14.3. The van der Waals surface area contributed by atoms with E-state index in [2.05, 4.69) is 0 Å². The number of hydrogen-bond acceptors (Lipinski definition) is 3. The fraction of sp³-hybridized carbons (Fsp3) is 0.533. The first-order valence-electron chi connectivity index (χ1n) is 7.01. The van der Waals surface area contributed by atoms with Gasteiger partial charge < -0.3 is 15.7 Å². The van der Waals surface area contributed by atoms with Crippen LogP contribution in [0.15, 0.2) is 18.2 Å². The number of aliphatic hydroxyl groups excluding tert-OH is 1. The summed E-state index contributed by atoms with van der Waals surface area (Å²) in [5.41, 5.74) is 6.20. The Morgan fingerprint density at radius 1 is 1.50 bits per heavy atom. The van der Waals surface area contributed by atoms with Gasteiger partial charge in [0.1, 0.15) is 5.82 Å². The van der Waals surface area contributed by atoms with Crippen molar-refractivity contribution in [1.29, 1.82) is 0 Å². The third-order valence-electron chi connectivity index (χ3n) is 3.86. The first-order valence-corrected chi connectivity index (χ1v) is 7.01. The van der Waals surface area contributed by atoms with Crippen molar-refractivity contribution in [1.82, 2.24) is 0 Å². The molecule has 0 unspecified atom stereocenters. The predicted octanol–water partition coefficient (Wildman–Crippen LogP) is 2.11. The summed E-state index contributed by atoms with van der Waals surface area (Å²) in [5.74, 6) is -0.882. The third kappa shape index (κ3) is 3.28. The van der Waals surface area contributed by atoms with Crippen LogP contribution in [0.2, 0.25) is 0 Å². The monoisotopic (exact) mass is 280 g/mol. The molecule has 1 atom stereocenters. The van der Waals surface area contributed by atoms with Gasteiger partial charge in [0.25, 0.3) is 0 Å². The SMILES string of the molecule is C[C@H](O)c1ccc(N(CC(N)=O)C2CCCC2)c(F)c1. The van der Waals surface area contributed by atoms with Crippen LogP contribution in [0.4, 0.5) is 10.1 Å². The molecule has 3 N–H and O–H groups in total. The van der Waals surface area contributed by atoms with Crippen molar-refractivity contribution in [2.24, 2.45) is 5.73 Å². The van der Waals surface area contributed by atoms with E-state index in [9.17, 15) is 14.3 Å². The molecule has 4 nitrogen and oxygen atoms in total.